The summed E-state index contributed by atoms with van der Waals surface area (Å²) in [6.45, 7) is 0. The molecule has 3 rings (SSSR count). The highest BCUT2D eigenvalue weighted by molar-refractivity contribution is 5.71. The van der Waals surface area contributed by atoms with Crippen LogP contribution in [0.1, 0.15) is 31.1 Å². The summed E-state index contributed by atoms with van der Waals surface area (Å²) in [5, 5.41) is 13.2. The smallest absolute Gasteiger partial charge is 0.307 e. The number of hydrogen-bond acceptors (Lipinski definition) is 5. The van der Waals surface area contributed by atoms with E-state index in [0.717, 1.165) is 18.4 Å². The third-order valence-corrected chi connectivity index (χ3v) is 3.92. The molecule has 0 radical (unpaired) electrons. The second-order valence-electron chi connectivity index (χ2n) is 5.17. The lowest BCUT2D eigenvalue weighted by Crippen LogP contribution is -2.17. The Kier molecular flexibility index (Phi) is 3.60. The lowest BCUT2D eigenvalue weighted by atomic mass is 9.96. The van der Waals surface area contributed by atoms with E-state index in [9.17, 15) is 9.90 Å². The predicted molar refractivity (Wildman–Crippen MR) is 74.0 cm³/mol. The highest BCUT2D eigenvalue weighted by Crippen LogP contribution is 2.39. The van der Waals surface area contributed by atoms with Crippen LogP contribution in [-0.2, 0) is 4.79 Å². The molecular weight excluding hydrogens is 272 g/mol. The van der Waals surface area contributed by atoms with Gasteiger partial charge in [0.25, 0.3) is 0 Å². The Morgan fingerprint density at radius 1 is 1.43 bits per heavy atom. The summed E-state index contributed by atoms with van der Waals surface area (Å²) in [5.74, 6) is 0.178. The van der Waals surface area contributed by atoms with Crippen molar-refractivity contribution in [1.82, 2.24) is 10.1 Å². The molecule has 0 bridgehead atoms. The first kappa shape index (κ1) is 13.6. The van der Waals surface area contributed by atoms with E-state index in [2.05, 4.69) is 10.1 Å². The van der Waals surface area contributed by atoms with Gasteiger partial charge in [0, 0.05) is 5.56 Å². The molecule has 1 saturated carbocycles. The molecule has 0 spiro atoms. The van der Waals surface area contributed by atoms with Gasteiger partial charge in [-0.15, -0.1) is 0 Å². The summed E-state index contributed by atoms with van der Waals surface area (Å²) in [4.78, 5) is 15.6. The molecule has 21 heavy (non-hydrogen) atoms. The molecule has 1 heterocycles. The molecule has 6 heteroatoms. The van der Waals surface area contributed by atoms with E-state index in [-0.39, 0.29) is 5.92 Å². The van der Waals surface area contributed by atoms with Crippen LogP contribution in [0.15, 0.2) is 28.8 Å². The second kappa shape index (κ2) is 5.55. The Balaban J connectivity index is 1.87. The average molecular weight is 288 g/mol. The number of benzene rings is 1. The topological polar surface area (TPSA) is 85.5 Å². The van der Waals surface area contributed by atoms with E-state index >= 15 is 0 Å². The van der Waals surface area contributed by atoms with Crippen LogP contribution in [0.2, 0.25) is 0 Å². The summed E-state index contributed by atoms with van der Waals surface area (Å²) in [6.07, 6.45) is 2.31. The molecule has 2 aromatic rings. The van der Waals surface area contributed by atoms with Gasteiger partial charge in [-0.05, 0) is 25.0 Å². The van der Waals surface area contributed by atoms with Crippen molar-refractivity contribution in [2.45, 2.75) is 25.2 Å². The zero-order chi connectivity index (χ0) is 14.8. The molecule has 2 unspecified atom stereocenters. The van der Waals surface area contributed by atoms with Crippen molar-refractivity contribution in [2.24, 2.45) is 5.92 Å². The number of carbonyl (C=O) groups is 1. The number of methoxy groups -OCH3 is 1. The minimum atomic E-state index is -0.793. The minimum absolute atomic E-state index is 0.186. The van der Waals surface area contributed by atoms with E-state index in [4.69, 9.17) is 9.26 Å². The maximum absolute atomic E-state index is 11.2. The van der Waals surface area contributed by atoms with Gasteiger partial charge in [0.1, 0.15) is 5.75 Å². The van der Waals surface area contributed by atoms with Crippen LogP contribution in [0.3, 0.4) is 0 Å². The van der Waals surface area contributed by atoms with Crippen LogP contribution in [-0.4, -0.2) is 28.3 Å². The molecule has 110 valence electrons. The fourth-order valence-electron chi connectivity index (χ4n) is 2.82. The summed E-state index contributed by atoms with van der Waals surface area (Å²) < 4.78 is 10.5. The van der Waals surface area contributed by atoms with Crippen LogP contribution in [0, 0.1) is 5.92 Å². The van der Waals surface area contributed by atoms with E-state index in [1.54, 1.807) is 7.11 Å². The summed E-state index contributed by atoms with van der Waals surface area (Å²) in [7, 11) is 1.59. The largest absolute Gasteiger partial charge is 0.497 e. The van der Waals surface area contributed by atoms with Crippen LogP contribution < -0.4 is 4.74 Å². The monoisotopic (exact) mass is 288 g/mol. The Hall–Kier alpha value is -2.37. The van der Waals surface area contributed by atoms with Crippen molar-refractivity contribution < 1.29 is 19.2 Å². The maximum atomic E-state index is 11.2. The van der Waals surface area contributed by atoms with Crippen LogP contribution in [0.4, 0.5) is 0 Å². The maximum Gasteiger partial charge on any atom is 0.307 e. The van der Waals surface area contributed by atoms with Crippen molar-refractivity contribution in [3.8, 4) is 17.1 Å². The molecule has 1 aromatic carbocycles. The number of carboxylic acid groups (broad SMARTS) is 1. The highest BCUT2D eigenvalue weighted by Gasteiger charge is 2.37. The molecule has 1 aliphatic carbocycles. The molecule has 1 aliphatic rings. The molecule has 1 fully saturated rings. The average Bonchev–Trinajstić information content (AvgIpc) is 3.15. The SMILES string of the molecule is COc1cccc(-c2noc(C3CCCC3C(=O)O)n2)c1. The first-order chi connectivity index (χ1) is 10.2. The number of carboxylic acids is 1. The Bertz CT molecular complexity index is 653. The predicted octanol–water partition coefficient (Wildman–Crippen LogP) is 2.71. The third kappa shape index (κ3) is 2.61. The summed E-state index contributed by atoms with van der Waals surface area (Å²) in [6, 6.07) is 7.36. The number of ether oxygens (including phenoxy) is 1. The van der Waals surface area contributed by atoms with E-state index in [1.165, 1.54) is 0 Å². The Labute approximate surface area is 121 Å². The second-order valence-corrected chi connectivity index (χ2v) is 5.17. The number of aliphatic carboxylic acids is 1. The van der Waals surface area contributed by atoms with Gasteiger partial charge >= 0.3 is 5.97 Å². The summed E-state index contributed by atoms with van der Waals surface area (Å²) >= 11 is 0. The van der Waals surface area contributed by atoms with Gasteiger partial charge in [-0.3, -0.25) is 4.79 Å². The van der Waals surface area contributed by atoms with Gasteiger partial charge in [-0.1, -0.05) is 23.7 Å². The molecule has 6 nitrogen and oxygen atoms in total. The number of aromatic nitrogens is 2. The van der Waals surface area contributed by atoms with Gasteiger partial charge in [0.2, 0.25) is 11.7 Å². The van der Waals surface area contributed by atoms with Gasteiger partial charge in [-0.2, -0.15) is 4.98 Å². The fourth-order valence-corrected chi connectivity index (χ4v) is 2.82. The first-order valence-electron chi connectivity index (χ1n) is 6.90. The molecule has 0 saturated heterocycles. The quantitative estimate of drug-likeness (QED) is 0.931. The minimum Gasteiger partial charge on any atom is -0.497 e. The molecule has 2 atom stereocenters. The molecule has 0 aliphatic heterocycles. The standard InChI is InChI=1S/C15H16N2O4/c1-20-10-5-2-4-9(8-10)13-16-14(21-17-13)11-6-3-7-12(11)15(18)19/h2,4-5,8,11-12H,3,6-7H2,1H3,(H,18,19). The zero-order valence-electron chi connectivity index (χ0n) is 11.7. The fraction of sp³-hybridized carbons (Fsp3) is 0.400. The van der Waals surface area contributed by atoms with Gasteiger partial charge in [0.15, 0.2) is 0 Å². The normalized spacial score (nSPS) is 21.4. The van der Waals surface area contributed by atoms with E-state index in [1.807, 2.05) is 24.3 Å². The van der Waals surface area contributed by atoms with E-state index < -0.39 is 11.9 Å². The molecule has 0 amide bonds. The first-order valence-corrected chi connectivity index (χ1v) is 6.90. The van der Waals surface area contributed by atoms with Crippen molar-refractivity contribution in [2.75, 3.05) is 7.11 Å². The molecule has 1 N–H and O–H groups in total. The summed E-state index contributed by atoms with van der Waals surface area (Å²) in [5.41, 5.74) is 0.786. The highest BCUT2D eigenvalue weighted by atomic mass is 16.5. The van der Waals surface area contributed by atoms with Crippen molar-refractivity contribution in [1.29, 1.82) is 0 Å². The van der Waals surface area contributed by atoms with Crippen molar-refractivity contribution in [3.63, 3.8) is 0 Å². The van der Waals surface area contributed by atoms with Crippen molar-refractivity contribution >= 4 is 5.97 Å². The van der Waals surface area contributed by atoms with Crippen LogP contribution in [0.5, 0.6) is 5.75 Å². The van der Waals surface area contributed by atoms with Gasteiger partial charge in [-0.25, -0.2) is 0 Å². The Morgan fingerprint density at radius 2 is 2.29 bits per heavy atom. The lowest BCUT2D eigenvalue weighted by Gasteiger charge is -2.10. The zero-order valence-corrected chi connectivity index (χ0v) is 11.7. The molecule has 1 aromatic heterocycles. The van der Waals surface area contributed by atoms with Crippen LogP contribution >= 0.6 is 0 Å². The van der Waals surface area contributed by atoms with Crippen LogP contribution in [0.25, 0.3) is 11.4 Å². The van der Waals surface area contributed by atoms with Crippen molar-refractivity contribution in [3.05, 3.63) is 30.2 Å². The number of rotatable bonds is 4. The Morgan fingerprint density at radius 3 is 3.05 bits per heavy atom. The third-order valence-electron chi connectivity index (χ3n) is 3.92. The number of nitrogens with zero attached hydrogens (tertiary/aromatic N) is 2. The number of hydrogen-bond donors (Lipinski definition) is 1. The van der Waals surface area contributed by atoms with Gasteiger partial charge in [0.05, 0.1) is 18.9 Å². The lowest BCUT2D eigenvalue weighted by molar-refractivity contribution is -0.142. The molecular formula is C15H16N2O4. The van der Waals surface area contributed by atoms with Gasteiger partial charge < -0.3 is 14.4 Å². The van der Waals surface area contributed by atoms with E-state index in [0.29, 0.717) is 23.9 Å².